The van der Waals surface area contributed by atoms with Crippen LogP contribution in [0.5, 0.6) is 0 Å². The van der Waals surface area contributed by atoms with Gasteiger partial charge in [0.1, 0.15) is 6.10 Å². The van der Waals surface area contributed by atoms with Crippen molar-refractivity contribution in [2.45, 2.75) is 91.6 Å². The second kappa shape index (κ2) is 11.0. The van der Waals surface area contributed by atoms with Crippen LogP contribution in [-0.4, -0.2) is 12.1 Å². The van der Waals surface area contributed by atoms with Gasteiger partial charge in [0.05, 0.1) is 0 Å². The number of fused-ring (bicyclic) bond motifs is 5. The standard InChI is InChI=1S/C38H48O2/c1-26(18-20-31(28-12-7-5-8-13-28)29-14-9-6-10-15-29)33-22-23-34-32-21-19-30-16-11-17-36(40-27(2)39)38(30,4)35(32)24-25-37(33,34)3/h5-10,12-15,19-20,26,32-36H,11,16-18,21-25H2,1-4H3/t26-,32-,33+,34-,35-,36+,37-,38+/m1/s1. The fourth-order valence-electron chi connectivity index (χ4n) is 10.2. The zero-order valence-corrected chi connectivity index (χ0v) is 25.1. The molecular formula is C38H48O2. The van der Waals surface area contributed by atoms with Crippen molar-refractivity contribution in [2.75, 3.05) is 0 Å². The maximum Gasteiger partial charge on any atom is 0.302 e. The predicted molar refractivity (Wildman–Crippen MR) is 164 cm³/mol. The first-order chi connectivity index (χ1) is 19.3. The summed E-state index contributed by atoms with van der Waals surface area (Å²) in [6.45, 7) is 9.22. The van der Waals surface area contributed by atoms with Gasteiger partial charge >= 0.3 is 5.97 Å². The molecule has 0 saturated heterocycles. The second-order valence-corrected chi connectivity index (χ2v) is 13.9. The van der Waals surface area contributed by atoms with Crippen LogP contribution in [0.15, 0.2) is 78.4 Å². The van der Waals surface area contributed by atoms with Crippen LogP contribution in [0.25, 0.3) is 5.57 Å². The van der Waals surface area contributed by atoms with Crippen molar-refractivity contribution in [3.8, 4) is 0 Å². The Kier molecular flexibility index (Phi) is 7.57. The Labute approximate surface area is 242 Å². The summed E-state index contributed by atoms with van der Waals surface area (Å²) in [6, 6.07) is 21.8. The predicted octanol–water partition coefficient (Wildman–Crippen LogP) is 9.66. The van der Waals surface area contributed by atoms with Crippen molar-refractivity contribution in [2.24, 2.45) is 40.4 Å². The SMILES string of the molecule is CC(=O)O[C@H]1CCCC2=CC[C@@H]3[C@H]4CC[C@@H]([C@H](C)CC=C(c5ccccc5)c5ccccc5)[C@@]4(C)CC[C@H]3[C@]21C. The minimum Gasteiger partial charge on any atom is -0.462 e. The van der Waals surface area contributed by atoms with Gasteiger partial charge in [-0.1, -0.05) is 99.2 Å². The third-order valence-corrected chi connectivity index (χ3v) is 12.0. The van der Waals surface area contributed by atoms with Gasteiger partial charge in [0, 0.05) is 12.3 Å². The van der Waals surface area contributed by atoms with E-state index in [0.717, 1.165) is 37.0 Å². The number of ether oxygens (including phenoxy) is 1. The number of rotatable bonds is 6. The molecule has 4 aliphatic carbocycles. The van der Waals surface area contributed by atoms with E-state index in [4.69, 9.17) is 4.74 Å². The van der Waals surface area contributed by atoms with Gasteiger partial charge in [0.15, 0.2) is 0 Å². The summed E-state index contributed by atoms with van der Waals surface area (Å²) in [5.41, 5.74) is 6.01. The summed E-state index contributed by atoms with van der Waals surface area (Å²) >= 11 is 0. The molecule has 0 radical (unpaired) electrons. The molecule has 3 saturated carbocycles. The highest BCUT2D eigenvalue weighted by Crippen LogP contribution is 2.67. The minimum atomic E-state index is -0.108. The van der Waals surface area contributed by atoms with Crippen molar-refractivity contribution < 1.29 is 9.53 Å². The van der Waals surface area contributed by atoms with E-state index in [2.05, 4.69) is 93.6 Å². The monoisotopic (exact) mass is 536 g/mol. The summed E-state index contributed by atoms with van der Waals surface area (Å²) in [5, 5.41) is 0. The molecule has 0 aliphatic heterocycles. The van der Waals surface area contributed by atoms with Gasteiger partial charge < -0.3 is 4.74 Å². The molecule has 0 aromatic heterocycles. The molecule has 2 aromatic rings. The fourth-order valence-corrected chi connectivity index (χ4v) is 10.2. The first-order valence-corrected chi connectivity index (χ1v) is 16.0. The first-order valence-electron chi connectivity index (χ1n) is 16.0. The second-order valence-electron chi connectivity index (χ2n) is 13.9. The highest BCUT2D eigenvalue weighted by molar-refractivity contribution is 5.79. The molecule has 2 heteroatoms. The number of carbonyl (C=O) groups is 1. The van der Waals surface area contributed by atoms with E-state index >= 15 is 0 Å². The quantitative estimate of drug-likeness (QED) is 0.271. The molecule has 212 valence electrons. The lowest BCUT2D eigenvalue weighted by Crippen LogP contribution is -2.55. The molecule has 2 aromatic carbocycles. The summed E-state index contributed by atoms with van der Waals surface area (Å²) < 4.78 is 6.05. The topological polar surface area (TPSA) is 26.3 Å². The van der Waals surface area contributed by atoms with E-state index in [1.54, 1.807) is 12.5 Å². The Bertz CT molecular complexity index is 1220. The molecule has 0 amide bonds. The zero-order valence-electron chi connectivity index (χ0n) is 25.1. The summed E-state index contributed by atoms with van der Waals surface area (Å²) in [7, 11) is 0. The average molecular weight is 537 g/mol. The highest BCUT2D eigenvalue weighted by atomic mass is 16.5. The number of esters is 1. The molecule has 40 heavy (non-hydrogen) atoms. The van der Waals surface area contributed by atoms with E-state index in [0.29, 0.717) is 17.3 Å². The Morgan fingerprint density at radius 2 is 1.62 bits per heavy atom. The molecule has 0 spiro atoms. The number of allylic oxidation sites excluding steroid dienone is 2. The Hall–Kier alpha value is -2.61. The van der Waals surface area contributed by atoms with Gasteiger partial charge in [-0.15, -0.1) is 0 Å². The van der Waals surface area contributed by atoms with E-state index in [-0.39, 0.29) is 17.5 Å². The molecule has 0 heterocycles. The van der Waals surface area contributed by atoms with Crippen LogP contribution in [0.1, 0.15) is 96.6 Å². The molecule has 4 aliphatic rings. The first kappa shape index (κ1) is 27.6. The number of benzene rings is 2. The van der Waals surface area contributed by atoms with Gasteiger partial charge in [-0.3, -0.25) is 4.79 Å². The minimum absolute atomic E-state index is 0.0286. The summed E-state index contributed by atoms with van der Waals surface area (Å²) in [6.07, 6.45) is 16.2. The summed E-state index contributed by atoms with van der Waals surface area (Å²) in [4.78, 5) is 12.1. The maximum absolute atomic E-state index is 12.1. The average Bonchev–Trinajstić information content (AvgIpc) is 3.32. The molecule has 0 unspecified atom stereocenters. The van der Waals surface area contributed by atoms with Crippen molar-refractivity contribution in [1.29, 1.82) is 0 Å². The smallest absolute Gasteiger partial charge is 0.302 e. The third-order valence-electron chi connectivity index (χ3n) is 12.0. The van der Waals surface area contributed by atoms with E-state index in [1.807, 2.05) is 0 Å². The van der Waals surface area contributed by atoms with Crippen LogP contribution in [0, 0.1) is 40.4 Å². The molecule has 0 N–H and O–H groups in total. The van der Waals surface area contributed by atoms with Crippen molar-refractivity contribution in [3.63, 3.8) is 0 Å². The maximum atomic E-state index is 12.1. The third kappa shape index (κ3) is 4.70. The molecule has 6 rings (SSSR count). The van der Waals surface area contributed by atoms with Gasteiger partial charge in [-0.05, 0) is 109 Å². The van der Waals surface area contributed by atoms with E-state index in [9.17, 15) is 4.79 Å². The van der Waals surface area contributed by atoms with Crippen LogP contribution in [-0.2, 0) is 9.53 Å². The number of hydrogen-bond donors (Lipinski definition) is 0. The Morgan fingerprint density at radius 3 is 2.27 bits per heavy atom. The zero-order chi connectivity index (χ0) is 27.9. The van der Waals surface area contributed by atoms with Gasteiger partial charge in [-0.25, -0.2) is 0 Å². The lowest BCUT2D eigenvalue weighted by Gasteiger charge is -2.59. The van der Waals surface area contributed by atoms with Crippen molar-refractivity contribution in [1.82, 2.24) is 0 Å². The molecule has 3 fully saturated rings. The van der Waals surface area contributed by atoms with E-state index in [1.165, 1.54) is 55.2 Å². The number of hydrogen-bond acceptors (Lipinski definition) is 2. The van der Waals surface area contributed by atoms with Crippen LogP contribution in [0.3, 0.4) is 0 Å². The van der Waals surface area contributed by atoms with Crippen LogP contribution < -0.4 is 0 Å². The Morgan fingerprint density at radius 1 is 0.950 bits per heavy atom. The molecule has 2 nitrogen and oxygen atoms in total. The molecule has 8 atom stereocenters. The summed E-state index contributed by atoms with van der Waals surface area (Å²) in [5.74, 6) is 3.45. The highest BCUT2D eigenvalue weighted by Gasteiger charge is 2.61. The van der Waals surface area contributed by atoms with Crippen LogP contribution >= 0.6 is 0 Å². The van der Waals surface area contributed by atoms with Crippen molar-refractivity contribution in [3.05, 3.63) is 89.5 Å². The largest absolute Gasteiger partial charge is 0.462 e. The van der Waals surface area contributed by atoms with Crippen LogP contribution in [0.2, 0.25) is 0 Å². The van der Waals surface area contributed by atoms with Crippen molar-refractivity contribution >= 4 is 11.5 Å². The number of carbonyl (C=O) groups excluding carboxylic acids is 1. The fraction of sp³-hybridized carbons (Fsp3) is 0.553. The normalized spacial score (nSPS) is 35.4. The lowest BCUT2D eigenvalue weighted by molar-refractivity contribution is -0.162. The molecule has 0 bridgehead atoms. The lowest BCUT2D eigenvalue weighted by atomic mass is 9.46. The van der Waals surface area contributed by atoms with Gasteiger partial charge in [0.25, 0.3) is 0 Å². The molecular weight excluding hydrogens is 488 g/mol. The Balaban J connectivity index is 1.23. The van der Waals surface area contributed by atoms with Gasteiger partial charge in [0.2, 0.25) is 0 Å². The van der Waals surface area contributed by atoms with E-state index < -0.39 is 0 Å². The van der Waals surface area contributed by atoms with Gasteiger partial charge in [-0.2, -0.15) is 0 Å². The van der Waals surface area contributed by atoms with Crippen LogP contribution in [0.4, 0.5) is 0 Å².